The van der Waals surface area contributed by atoms with Gasteiger partial charge in [0.25, 0.3) is 0 Å². The zero-order valence-corrected chi connectivity index (χ0v) is 13.0. The molecule has 0 aromatic heterocycles. The lowest BCUT2D eigenvalue weighted by atomic mass is 10.1. The van der Waals surface area contributed by atoms with Gasteiger partial charge in [0.2, 0.25) is 5.91 Å². The number of hydrogen-bond acceptors (Lipinski definition) is 3. The Bertz CT molecular complexity index is 476. The zero-order chi connectivity index (χ0) is 15.2. The van der Waals surface area contributed by atoms with E-state index >= 15 is 0 Å². The van der Waals surface area contributed by atoms with Gasteiger partial charge >= 0.3 is 0 Å². The molecule has 2 rings (SSSR count). The Morgan fingerprint density at radius 2 is 2.14 bits per heavy atom. The largest absolute Gasteiger partial charge is 0.392 e. The summed E-state index contributed by atoms with van der Waals surface area (Å²) in [5, 5.41) is 12.6. The van der Waals surface area contributed by atoms with E-state index in [4.69, 9.17) is 0 Å². The molecule has 116 valence electrons. The third kappa shape index (κ3) is 4.55. The van der Waals surface area contributed by atoms with Gasteiger partial charge in [-0.1, -0.05) is 38.1 Å². The van der Waals surface area contributed by atoms with Crippen LogP contribution in [-0.2, 0) is 17.9 Å². The molecule has 21 heavy (non-hydrogen) atoms. The molecule has 2 N–H and O–H groups in total. The van der Waals surface area contributed by atoms with E-state index < -0.39 is 0 Å². The lowest BCUT2D eigenvalue weighted by molar-refractivity contribution is -0.124. The maximum Gasteiger partial charge on any atom is 0.223 e. The van der Waals surface area contributed by atoms with Gasteiger partial charge in [0.15, 0.2) is 0 Å². The van der Waals surface area contributed by atoms with Crippen LogP contribution in [0.5, 0.6) is 0 Å². The number of aliphatic hydroxyl groups excluding tert-OH is 1. The summed E-state index contributed by atoms with van der Waals surface area (Å²) < 4.78 is 0. The van der Waals surface area contributed by atoms with Crippen LogP contribution < -0.4 is 5.32 Å². The molecule has 0 aliphatic carbocycles. The molecule has 1 aromatic rings. The molecule has 1 aliphatic rings. The first-order valence-electron chi connectivity index (χ1n) is 7.85. The third-order valence-electron chi connectivity index (χ3n) is 4.27. The van der Waals surface area contributed by atoms with Crippen molar-refractivity contribution in [1.82, 2.24) is 10.2 Å². The first-order valence-corrected chi connectivity index (χ1v) is 7.85. The van der Waals surface area contributed by atoms with Crippen LogP contribution in [0.4, 0.5) is 0 Å². The molecule has 0 bridgehead atoms. The van der Waals surface area contributed by atoms with E-state index in [2.05, 4.69) is 22.3 Å². The highest BCUT2D eigenvalue weighted by molar-refractivity contribution is 5.78. The molecule has 1 fully saturated rings. The highest BCUT2D eigenvalue weighted by Crippen LogP contribution is 2.16. The van der Waals surface area contributed by atoms with Crippen molar-refractivity contribution in [2.75, 3.05) is 13.1 Å². The van der Waals surface area contributed by atoms with Crippen molar-refractivity contribution in [3.8, 4) is 0 Å². The second kappa shape index (κ2) is 7.57. The molecule has 0 saturated carbocycles. The van der Waals surface area contributed by atoms with Crippen molar-refractivity contribution in [3.05, 3.63) is 35.4 Å². The van der Waals surface area contributed by atoms with E-state index in [1.807, 2.05) is 26.0 Å². The van der Waals surface area contributed by atoms with Gasteiger partial charge in [-0.25, -0.2) is 0 Å². The number of nitrogens with one attached hydrogen (secondary N) is 1. The van der Waals surface area contributed by atoms with Gasteiger partial charge in [0.1, 0.15) is 0 Å². The summed E-state index contributed by atoms with van der Waals surface area (Å²) in [6.45, 7) is 7.08. The average molecular weight is 290 g/mol. The van der Waals surface area contributed by atoms with Gasteiger partial charge < -0.3 is 10.4 Å². The standard InChI is InChI=1S/C17H26N2O2/c1-3-13(2)17(21)18-10-14-6-4-5-7-15(14)11-19-9-8-16(20)12-19/h4-7,13,16,20H,3,8-12H2,1-2H3,(H,18,21)/t13-,16-/m1/s1. The molecule has 2 atom stereocenters. The fraction of sp³-hybridized carbons (Fsp3) is 0.588. The number of carbonyl (C=O) groups excluding carboxylic acids is 1. The Kier molecular flexibility index (Phi) is 5.76. The van der Waals surface area contributed by atoms with Crippen molar-refractivity contribution in [2.45, 2.75) is 45.9 Å². The topological polar surface area (TPSA) is 52.6 Å². The van der Waals surface area contributed by atoms with Gasteiger partial charge in [-0.3, -0.25) is 9.69 Å². The summed E-state index contributed by atoms with van der Waals surface area (Å²) in [5.41, 5.74) is 2.39. The monoisotopic (exact) mass is 290 g/mol. The molecule has 0 spiro atoms. The van der Waals surface area contributed by atoms with Crippen LogP contribution in [0.15, 0.2) is 24.3 Å². The second-order valence-corrected chi connectivity index (χ2v) is 5.97. The van der Waals surface area contributed by atoms with E-state index in [0.29, 0.717) is 6.54 Å². The van der Waals surface area contributed by atoms with Crippen molar-refractivity contribution >= 4 is 5.91 Å². The van der Waals surface area contributed by atoms with E-state index in [-0.39, 0.29) is 17.9 Å². The van der Waals surface area contributed by atoms with Gasteiger partial charge in [0, 0.05) is 32.1 Å². The number of rotatable bonds is 6. The number of likely N-dealkylation sites (tertiary alicyclic amines) is 1. The molecule has 1 saturated heterocycles. The number of hydrogen-bond donors (Lipinski definition) is 2. The number of amides is 1. The Hall–Kier alpha value is -1.39. The van der Waals surface area contributed by atoms with Gasteiger partial charge in [-0.05, 0) is 24.0 Å². The van der Waals surface area contributed by atoms with Crippen molar-refractivity contribution in [1.29, 1.82) is 0 Å². The number of nitrogens with zero attached hydrogens (tertiary/aromatic N) is 1. The Morgan fingerprint density at radius 3 is 2.76 bits per heavy atom. The molecular formula is C17H26N2O2. The second-order valence-electron chi connectivity index (χ2n) is 5.97. The maximum absolute atomic E-state index is 11.9. The normalized spacial score (nSPS) is 20.4. The number of aliphatic hydroxyl groups is 1. The minimum atomic E-state index is -0.192. The van der Waals surface area contributed by atoms with Gasteiger partial charge in [-0.15, -0.1) is 0 Å². The highest BCUT2D eigenvalue weighted by atomic mass is 16.3. The predicted octanol–water partition coefficient (Wildman–Crippen LogP) is 1.92. The Morgan fingerprint density at radius 1 is 1.43 bits per heavy atom. The average Bonchev–Trinajstić information content (AvgIpc) is 2.90. The molecule has 4 nitrogen and oxygen atoms in total. The van der Waals surface area contributed by atoms with Crippen LogP contribution in [0.2, 0.25) is 0 Å². The van der Waals surface area contributed by atoms with E-state index in [9.17, 15) is 9.90 Å². The quantitative estimate of drug-likeness (QED) is 0.841. The molecule has 4 heteroatoms. The fourth-order valence-corrected chi connectivity index (χ4v) is 2.62. The molecule has 1 aliphatic heterocycles. The van der Waals surface area contributed by atoms with E-state index in [1.54, 1.807) is 0 Å². The lowest BCUT2D eigenvalue weighted by Gasteiger charge is -2.18. The molecule has 1 aromatic carbocycles. The van der Waals surface area contributed by atoms with Crippen LogP contribution >= 0.6 is 0 Å². The smallest absolute Gasteiger partial charge is 0.223 e. The Labute approximate surface area is 127 Å². The zero-order valence-electron chi connectivity index (χ0n) is 13.0. The minimum absolute atomic E-state index is 0.0610. The van der Waals surface area contributed by atoms with Crippen molar-refractivity contribution < 1.29 is 9.90 Å². The fourth-order valence-electron chi connectivity index (χ4n) is 2.62. The van der Waals surface area contributed by atoms with Crippen LogP contribution in [-0.4, -0.2) is 35.1 Å². The van der Waals surface area contributed by atoms with Crippen LogP contribution in [0.3, 0.4) is 0 Å². The minimum Gasteiger partial charge on any atom is -0.392 e. The number of β-amino-alcohol motifs (C(OH)–C–C–N with tert-alkyl or cyclic N) is 1. The van der Waals surface area contributed by atoms with Crippen LogP contribution in [0.1, 0.15) is 37.8 Å². The van der Waals surface area contributed by atoms with Crippen LogP contribution in [0, 0.1) is 5.92 Å². The molecule has 0 unspecified atom stereocenters. The first-order chi connectivity index (χ1) is 10.1. The first kappa shape index (κ1) is 16.0. The maximum atomic E-state index is 11.9. The summed E-state index contributed by atoms with van der Waals surface area (Å²) in [7, 11) is 0. The lowest BCUT2D eigenvalue weighted by Crippen LogP contribution is -2.29. The van der Waals surface area contributed by atoms with Crippen LogP contribution in [0.25, 0.3) is 0 Å². The summed E-state index contributed by atoms with van der Waals surface area (Å²) in [6, 6.07) is 8.21. The summed E-state index contributed by atoms with van der Waals surface area (Å²) >= 11 is 0. The molecular weight excluding hydrogens is 264 g/mol. The van der Waals surface area contributed by atoms with E-state index in [1.165, 1.54) is 5.56 Å². The number of benzene rings is 1. The van der Waals surface area contributed by atoms with Gasteiger partial charge in [0.05, 0.1) is 6.10 Å². The van der Waals surface area contributed by atoms with E-state index in [0.717, 1.165) is 38.0 Å². The number of carbonyl (C=O) groups is 1. The van der Waals surface area contributed by atoms with Gasteiger partial charge in [-0.2, -0.15) is 0 Å². The summed E-state index contributed by atoms with van der Waals surface area (Å²) in [6.07, 6.45) is 1.52. The molecule has 1 amide bonds. The molecule has 0 radical (unpaired) electrons. The van der Waals surface area contributed by atoms with Crippen molar-refractivity contribution in [2.24, 2.45) is 5.92 Å². The summed E-state index contributed by atoms with van der Waals surface area (Å²) in [4.78, 5) is 14.2. The predicted molar refractivity (Wildman–Crippen MR) is 83.6 cm³/mol. The van der Waals surface area contributed by atoms with Crippen molar-refractivity contribution in [3.63, 3.8) is 0 Å². The molecule has 1 heterocycles. The Balaban J connectivity index is 1.95. The third-order valence-corrected chi connectivity index (χ3v) is 4.27. The highest BCUT2D eigenvalue weighted by Gasteiger charge is 2.20. The SMILES string of the molecule is CC[C@@H](C)C(=O)NCc1ccccc1CN1CC[C@@H](O)C1. The summed E-state index contributed by atoms with van der Waals surface area (Å²) in [5.74, 6) is 0.176.